The van der Waals surface area contributed by atoms with Crippen LogP contribution in [0.15, 0.2) is 0 Å². The predicted octanol–water partition coefficient (Wildman–Crippen LogP) is 0.128. The lowest BCUT2D eigenvalue weighted by Gasteiger charge is -2.08. The second kappa shape index (κ2) is 7.32. The number of hydrogen-bond donors (Lipinski definition) is 3. The minimum absolute atomic E-state index is 0.00372. The smallest absolute Gasteiger partial charge is 0.303 e. The lowest BCUT2D eigenvalue weighted by Crippen LogP contribution is -2.31. The fourth-order valence-electron chi connectivity index (χ4n) is 0.865. The Balaban J connectivity index is 3.41. The molecule has 5 heteroatoms. The van der Waals surface area contributed by atoms with E-state index < -0.39 is 12.1 Å². The lowest BCUT2D eigenvalue weighted by molar-refractivity contribution is -0.137. The average Bonchev–Trinajstić information content (AvgIpc) is 2.13. The van der Waals surface area contributed by atoms with Gasteiger partial charge in [0, 0.05) is 19.4 Å². The molecule has 0 fully saturated rings. The van der Waals surface area contributed by atoms with Crippen LogP contribution in [0, 0.1) is 0 Å². The van der Waals surface area contributed by atoms with Gasteiger partial charge in [-0.3, -0.25) is 9.59 Å². The molecule has 0 heterocycles. The van der Waals surface area contributed by atoms with Gasteiger partial charge < -0.3 is 15.5 Å². The van der Waals surface area contributed by atoms with E-state index in [-0.39, 0.29) is 25.3 Å². The highest BCUT2D eigenvalue weighted by atomic mass is 16.4. The van der Waals surface area contributed by atoms with Crippen LogP contribution < -0.4 is 5.32 Å². The Bertz CT molecular complexity index is 193. The molecule has 5 nitrogen and oxygen atoms in total. The summed E-state index contributed by atoms with van der Waals surface area (Å²) in [6.07, 6.45) is 0.615. The summed E-state index contributed by atoms with van der Waals surface area (Å²) in [6, 6.07) is 0. The first-order chi connectivity index (χ1) is 6.56. The Morgan fingerprint density at radius 1 is 1.36 bits per heavy atom. The van der Waals surface area contributed by atoms with Crippen LogP contribution in [0.5, 0.6) is 0 Å². The van der Waals surface area contributed by atoms with Gasteiger partial charge in [-0.05, 0) is 12.8 Å². The summed E-state index contributed by atoms with van der Waals surface area (Å²) in [7, 11) is 0. The Morgan fingerprint density at radius 2 is 2.00 bits per heavy atom. The number of carbonyl (C=O) groups is 2. The molecule has 0 aliphatic heterocycles. The summed E-state index contributed by atoms with van der Waals surface area (Å²) in [5.41, 5.74) is 0. The van der Waals surface area contributed by atoms with Crippen molar-refractivity contribution in [2.75, 3.05) is 6.54 Å². The standard InChI is InChI=1S/C9H17NO4/c1-2-7(11)6-10-8(12)4-3-5-9(13)14/h7,11H,2-6H2,1H3,(H,10,12)(H,13,14). The van der Waals surface area contributed by atoms with Gasteiger partial charge in [0.05, 0.1) is 6.10 Å². The number of aliphatic hydroxyl groups is 1. The van der Waals surface area contributed by atoms with Crippen LogP contribution in [-0.4, -0.2) is 34.7 Å². The summed E-state index contributed by atoms with van der Waals surface area (Å²) in [4.78, 5) is 21.2. The van der Waals surface area contributed by atoms with Gasteiger partial charge in [-0.2, -0.15) is 0 Å². The molecule has 0 aliphatic rings. The van der Waals surface area contributed by atoms with Gasteiger partial charge >= 0.3 is 5.97 Å². The van der Waals surface area contributed by atoms with Gasteiger partial charge in [-0.1, -0.05) is 6.92 Å². The number of hydrogen-bond acceptors (Lipinski definition) is 3. The van der Waals surface area contributed by atoms with Crippen molar-refractivity contribution < 1.29 is 19.8 Å². The zero-order chi connectivity index (χ0) is 11.0. The van der Waals surface area contributed by atoms with E-state index in [0.717, 1.165) is 0 Å². The van der Waals surface area contributed by atoms with Crippen LogP contribution in [-0.2, 0) is 9.59 Å². The number of carboxylic acid groups (broad SMARTS) is 1. The molecule has 82 valence electrons. The molecule has 0 aliphatic carbocycles. The topological polar surface area (TPSA) is 86.6 Å². The Morgan fingerprint density at radius 3 is 2.50 bits per heavy atom. The highest BCUT2D eigenvalue weighted by Gasteiger charge is 2.05. The maximum Gasteiger partial charge on any atom is 0.303 e. The van der Waals surface area contributed by atoms with Crippen molar-refractivity contribution >= 4 is 11.9 Å². The first-order valence-electron chi connectivity index (χ1n) is 4.72. The lowest BCUT2D eigenvalue weighted by atomic mass is 10.2. The molecule has 1 amide bonds. The number of rotatable bonds is 7. The van der Waals surface area contributed by atoms with E-state index in [2.05, 4.69) is 5.32 Å². The van der Waals surface area contributed by atoms with E-state index in [1.54, 1.807) is 0 Å². The molecule has 0 aromatic carbocycles. The predicted molar refractivity (Wildman–Crippen MR) is 50.8 cm³/mol. The van der Waals surface area contributed by atoms with Crippen molar-refractivity contribution in [2.24, 2.45) is 0 Å². The Labute approximate surface area is 83.1 Å². The molecule has 1 unspecified atom stereocenters. The van der Waals surface area contributed by atoms with Gasteiger partial charge in [0.15, 0.2) is 0 Å². The number of aliphatic hydroxyl groups excluding tert-OH is 1. The van der Waals surface area contributed by atoms with Gasteiger partial charge in [0.25, 0.3) is 0 Å². The maximum absolute atomic E-state index is 11.0. The van der Waals surface area contributed by atoms with Crippen LogP contribution in [0.3, 0.4) is 0 Å². The summed E-state index contributed by atoms with van der Waals surface area (Å²) < 4.78 is 0. The molecule has 0 radical (unpaired) electrons. The number of aliphatic carboxylic acids is 1. The number of carbonyl (C=O) groups excluding carboxylic acids is 1. The largest absolute Gasteiger partial charge is 0.481 e. The number of nitrogens with one attached hydrogen (secondary N) is 1. The van der Waals surface area contributed by atoms with Gasteiger partial charge in [0.1, 0.15) is 0 Å². The van der Waals surface area contributed by atoms with Crippen LogP contribution in [0.25, 0.3) is 0 Å². The SMILES string of the molecule is CCC(O)CNC(=O)CCCC(=O)O. The van der Waals surface area contributed by atoms with Crippen LogP contribution >= 0.6 is 0 Å². The molecule has 0 aromatic rings. The zero-order valence-electron chi connectivity index (χ0n) is 8.32. The first kappa shape index (κ1) is 12.9. The molecule has 0 bridgehead atoms. The number of amides is 1. The molecular weight excluding hydrogens is 186 g/mol. The minimum Gasteiger partial charge on any atom is -0.481 e. The van der Waals surface area contributed by atoms with E-state index in [4.69, 9.17) is 10.2 Å². The quantitative estimate of drug-likeness (QED) is 0.549. The van der Waals surface area contributed by atoms with Crippen molar-refractivity contribution in [3.05, 3.63) is 0 Å². The maximum atomic E-state index is 11.0. The first-order valence-corrected chi connectivity index (χ1v) is 4.72. The van der Waals surface area contributed by atoms with Crippen molar-refractivity contribution in [3.63, 3.8) is 0 Å². The van der Waals surface area contributed by atoms with Crippen molar-refractivity contribution in [1.82, 2.24) is 5.32 Å². The van der Waals surface area contributed by atoms with Crippen molar-refractivity contribution in [3.8, 4) is 0 Å². The molecule has 0 saturated carbocycles. The van der Waals surface area contributed by atoms with Crippen LogP contribution in [0.1, 0.15) is 32.6 Å². The van der Waals surface area contributed by atoms with Crippen LogP contribution in [0.4, 0.5) is 0 Å². The summed E-state index contributed by atoms with van der Waals surface area (Å²) in [5, 5.41) is 19.9. The van der Waals surface area contributed by atoms with Crippen LogP contribution in [0.2, 0.25) is 0 Å². The molecule has 0 aromatic heterocycles. The third-order valence-electron chi connectivity index (χ3n) is 1.80. The zero-order valence-corrected chi connectivity index (χ0v) is 8.32. The normalized spacial score (nSPS) is 12.1. The average molecular weight is 203 g/mol. The summed E-state index contributed by atoms with van der Waals surface area (Å²) in [5.74, 6) is -1.11. The highest BCUT2D eigenvalue weighted by Crippen LogP contribution is 1.95. The van der Waals surface area contributed by atoms with E-state index in [9.17, 15) is 9.59 Å². The van der Waals surface area contributed by atoms with E-state index >= 15 is 0 Å². The molecule has 14 heavy (non-hydrogen) atoms. The fourth-order valence-corrected chi connectivity index (χ4v) is 0.865. The summed E-state index contributed by atoms with van der Waals surface area (Å²) >= 11 is 0. The molecule has 1 atom stereocenters. The molecule has 0 spiro atoms. The van der Waals surface area contributed by atoms with Crippen molar-refractivity contribution in [2.45, 2.75) is 38.7 Å². The van der Waals surface area contributed by atoms with E-state index in [1.165, 1.54) is 0 Å². The van der Waals surface area contributed by atoms with E-state index in [1.807, 2.05) is 6.92 Å². The second-order valence-corrected chi connectivity index (χ2v) is 3.11. The molecule has 0 rings (SSSR count). The summed E-state index contributed by atoms with van der Waals surface area (Å²) in [6.45, 7) is 2.06. The third kappa shape index (κ3) is 7.54. The molecule has 3 N–H and O–H groups in total. The van der Waals surface area contributed by atoms with Crippen molar-refractivity contribution in [1.29, 1.82) is 0 Å². The fraction of sp³-hybridized carbons (Fsp3) is 0.778. The third-order valence-corrected chi connectivity index (χ3v) is 1.80. The number of carboxylic acids is 1. The van der Waals surface area contributed by atoms with Gasteiger partial charge in [-0.25, -0.2) is 0 Å². The second-order valence-electron chi connectivity index (χ2n) is 3.11. The Hall–Kier alpha value is -1.10. The monoisotopic (exact) mass is 203 g/mol. The van der Waals surface area contributed by atoms with E-state index in [0.29, 0.717) is 12.8 Å². The highest BCUT2D eigenvalue weighted by molar-refractivity contribution is 5.76. The minimum atomic E-state index is -0.897. The molecular formula is C9H17NO4. The Kier molecular flexibility index (Phi) is 6.74. The van der Waals surface area contributed by atoms with Gasteiger partial charge in [0.2, 0.25) is 5.91 Å². The molecule has 0 saturated heterocycles. The van der Waals surface area contributed by atoms with Gasteiger partial charge in [-0.15, -0.1) is 0 Å².